The SMILES string of the molecule is CCN1CCN(C(=O)CC(c2ccccc2OC)c2cn(C)c3ccccc23)CC1. The van der Waals surface area contributed by atoms with Crippen LogP contribution in [0, 0.1) is 0 Å². The Morgan fingerprint density at radius 2 is 1.70 bits per heavy atom. The molecule has 4 rings (SSSR count). The summed E-state index contributed by atoms with van der Waals surface area (Å²) in [4.78, 5) is 17.8. The molecular formula is C25H31N3O2. The van der Waals surface area contributed by atoms with Crippen molar-refractivity contribution in [1.29, 1.82) is 0 Å². The van der Waals surface area contributed by atoms with Gasteiger partial charge < -0.3 is 19.1 Å². The fraction of sp³-hybridized carbons (Fsp3) is 0.400. The molecule has 2 heterocycles. The monoisotopic (exact) mass is 405 g/mol. The van der Waals surface area contributed by atoms with Crippen LogP contribution in [0.4, 0.5) is 0 Å². The Hall–Kier alpha value is -2.79. The minimum Gasteiger partial charge on any atom is -0.496 e. The predicted molar refractivity (Wildman–Crippen MR) is 121 cm³/mol. The van der Waals surface area contributed by atoms with Crippen LogP contribution in [-0.2, 0) is 11.8 Å². The van der Waals surface area contributed by atoms with Crippen LogP contribution in [0.25, 0.3) is 10.9 Å². The summed E-state index contributed by atoms with van der Waals surface area (Å²) in [5, 5.41) is 1.19. The van der Waals surface area contributed by atoms with E-state index in [1.807, 2.05) is 23.1 Å². The molecule has 30 heavy (non-hydrogen) atoms. The van der Waals surface area contributed by atoms with Crippen molar-refractivity contribution in [1.82, 2.24) is 14.4 Å². The standard InChI is InChI=1S/C25H31N3O2/c1-4-27-13-15-28(16-14-27)25(29)17-21(20-10-6-8-12-24(20)30-3)22-18-26(2)23-11-7-5-9-19(22)23/h5-12,18,21H,4,13-17H2,1-3H3. The van der Waals surface area contributed by atoms with Crippen LogP contribution in [0.15, 0.2) is 54.7 Å². The van der Waals surface area contributed by atoms with Gasteiger partial charge in [-0.2, -0.15) is 0 Å². The number of carbonyl (C=O) groups excluding carboxylic acids is 1. The summed E-state index contributed by atoms with van der Waals surface area (Å²) in [5.41, 5.74) is 3.42. The molecule has 158 valence electrons. The molecule has 1 unspecified atom stereocenters. The lowest BCUT2D eigenvalue weighted by molar-refractivity contribution is -0.133. The van der Waals surface area contributed by atoms with E-state index in [4.69, 9.17) is 4.74 Å². The molecule has 1 fully saturated rings. The Bertz CT molecular complexity index is 1020. The molecule has 1 aliphatic rings. The molecule has 0 N–H and O–H groups in total. The third kappa shape index (κ3) is 3.94. The van der Waals surface area contributed by atoms with Crippen molar-refractivity contribution >= 4 is 16.8 Å². The lowest BCUT2D eigenvalue weighted by Crippen LogP contribution is -2.48. The summed E-state index contributed by atoms with van der Waals surface area (Å²) >= 11 is 0. The highest BCUT2D eigenvalue weighted by Gasteiger charge is 2.28. The number of carbonyl (C=O) groups is 1. The van der Waals surface area contributed by atoms with E-state index >= 15 is 0 Å². The van der Waals surface area contributed by atoms with Crippen molar-refractivity contribution < 1.29 is 9.53 Å². The highest BCUT2D eigenvalue weighted by molar-refractivity contribution is 5.87. The van der Waals surface area contributed by atoms with Crippen LogP contribution >= 0.6 is 0 Å². The highest BCUT2D eigenvalue weighted by Crippen LogP contribution is 2.38. The number of fused-ring (bicyclic) bond motifs is 1. The molecule has 5 nitrogen and oxygen atoms in total. The molecular weight excluding hydrogens is 374 g/mol. The molecule has 1 atom stereocenters. The average molecular weight is 406 g/mol. The predicted octanol–water partition coefficient (Wildman–Crippen LogP) is 3.87. The van der Waals surface area contributed by atoms with Gasteiger partial charge in [-0.1, -0.05) is 43.3 Å². The largest absolute Gasteiger partial charge is 0.496 e. The van der Waals surface area contributed by atoms with Gasteiger partial charge in [0.25, 0.3) is 0 Å². The average Bonchev–Trinajstić information content (AvgIpc) is 3.14. The smallest absolute Gasteiger partial charge is 0.223 e. The lowest BCUT2D eigenvalue weighted by atomic mass is 9.87. The van der Waals surface area contributed by atoms with Gasteiger partial charge in [0.15, 0.2) is 0 Å². The third-order valence-electron chi connectivity index (χ3n) is 6.37. The Kier molecular flexibility index (Phi) is 6.09. The first-order chi connectivity index (χ1) is 14.6. The number of likely N-dealkylation sites (N-methyl/N-ethyl adjacent to an activating group) is 1. The molecule has 0 spiro atoms. The quantitative estimate of drug-likeness (QED) is 0.625. The van der Waals surface area contributed by atoms with Crippen molar-refractivity contribution in [3.8, 4) is 5.75 Å². The van der Waals surface area contributed by atoms with Crippen molar-refractivity contribution in [2.45, 2.75) is 19.3 Å². The first-order valence-corrected chi connectivity index (χ1v) is 10.8. The number of rotatable bonds is 6. The van der Waals surface area contributed by atoms with Crippen LogP contribution in [0.5, 0.6) is 5.75 Å². The van der Waals surface area contributed by atoms with Gasteiger partial charge in [-0.05, 0) is 24.2 Å². The number of aryl methyl sites for hydroxylation is 1. The Morgan fingerprint density at radius 3 is 2.43 bits per heavy atom. The number of aromatic nitrogens is 1. The van der Waals surface area contributed by atoms with Gasteiger partial charge in [0.1, 0.15) is 5.75 Å². The van der Waals surface area contributed by atoms with Gasteiger partial charge in [-0.25, -0.2) is 0 Å². The maximum Gasteiger partial charge on any atom is 0.223 e. The number of para-hydroxylation sites is 2. The van der Waals surface area contributed by atoms with Crippen LogP contribution in [0.1, 0.15) is 30.4 Å². The maximum atomic E-state index is 13.4. The van der Waals surface area contributed by atoms with Crippen molar-refractivity contribution in [2.24, 2.45) is 7.05 Å². The molecule has 1 saturated heterocycles. The summed E-state index contributed by atoms with van der Waals surface area (Å²) in [5.74, 6) is 0.998. The molecule has 0 saturated carbocycles. The number of ether oxygens (including phenoxy) is 1. The summed E-state index contributed by atoms with van der Waals surface area (Å²) in [6.07, 6.45) is 2.62. The van der Waals surface area contributed by atoms with Crippen LogP contribution in [-0.4, -0.2) is 60.1 Å². The molecule has 1 aromatic heterocycles. The van der Waals surface area contributed by atoms with Crippen molar-refractivity contribution in [3.63, 3.8) is 0 Å². The zero-order valence-electron chi connectivity index (χ0n) is 18.2. The second kappa shape index (κ2) is 8.92. The van der Waals surface area contributed by atoms with Crippen LogP contribution in [0.3, 0.4) is 0 Å². The number of piperazine rings is 1. The molecule has 5 heteroatoms. The number of hydrogen-bond donors (Lipinski definition) is 0. The molecule has 2 aromatic carbocycles. The highest BCUT2D eigenvalue weighted by atomic mass is 16.5. The summed E-state index contributed by atoms with van der Waals surface area (Å²) in [7, 11) is 3.77. The van der Waals surface area contributed by atoms with Crippen molar-refractivity contribution in [2.75, 3.05) is 39.8 Å². The third-order valence-corrected chi connectivity index (χ3v) is 6.37. The van der Waals surface area contributed by atoms with E-state index in [-0.39, 0.29) is 11.8 Å². The van der Waals surface area contributed by atoms with Crippen LogP contribution < -0.4 is 4.74 Å². The van der Waals surface area contributed by atoms with Crippen molar-refractivity contribution in [3.05, 3.63) is 65.9 Å². The number of amides is 1. The number of methoxy groups -OCH3 is 1. The van der Waals surface area contributed by atoms with E-state index in [0.717, 1.165) is 44.0 Å². The van der Waals surface area contributed by atoms with E-state index < -0.39 is 0 Å². The number of nitrogens with zero attached hydrogens (tertiary/aromatic N) is 3. The maximum absolute atomic E-state index is 13.4. The zero-order chi connectivity index (χ0) is 21.1. The van der Waals surface area contributed by atoms with Gasteiger partial charge in [0.2, 0.25) is 5.91 Å². The summed E-state index contributed by atoms with van der Waals surface area (Å²) in [6.45, 7) is 6.74. The van der Waals surface area contributed by atoms with Gasteiger partial charge >= 0.3 is 0 Å². The second-order valence-corrected chi connectivity index (χ2v) is 8.03. The normalized spacial score (nSPS) is 16.0. The minimum atomic E-state index is -0.0519. The Labute approximate surface area is 178 Å². The van der Waals surface area contributed by atoms with E-state index in [2.05, 4.69) is 60.0 Å². The first-order valence-electron chi connectivity index (χ1n) is 10.8. The van der Waals surface area contributed by atoms with E-state index in [0.29, 0.717) is 6.42 Å². The molecule has 1 aliphatic heterocycles. The fourth-order valence-electron chi connectivity index (χ4n) is 4.61. The zero-order valence-corrected chi connectivity index (χ0v) is 18.2. The van der Waals surface area contributed by atoms with Gasteiger partial charge in [0.05, 0.1) is 7.11 Å². The summed E-state index contributed by atoms with van der Waals surface area (Å²) < 4.78 is 7.83. The molecule has 0 bridgehead atoms. The van der Waals surface area contributed by atoms with Crippen LogP contribution in [0.2, 0.25) is 0 Å². The van der Waals surface area contributed by atoms with Gasteiger partial charge in [-0.15, -0.1) is 0 Å². The fourth-order valence-corrected chi connectivity index (χ4v) is 4.61. The topological polar surface area (TPSA) is 37.7 Å². The van der Waals surface area contributed by atoms with Gasteiger partial charge in [0, 0.05) is 68.2 Å². The number of hydrogen-bond acceptors (Lipinski definition) is 3. The Balaban J connectivity index is 1.70. The molecule has 3 aromatic rings. The lowest BCUT2D eigenvalue weighted by Gasteiger charge is -2.35. The second-order valence-electron chi connectivity index (χ2n) is 8.03. The van der Waals surface area contributed by atoms with E-state index in [1.165, 1.54) is 16.5 Å². The Morgan fingerprint density at radius 1 is 1.00 bits per heavy atom. The number of benzene rings is 2. The summed E-state index contributed by atoms with van der Waals surface area (Å²) in [6, 6.07) is 16.5. The first kappa shape index (κ1) is 20.5. The molecule has 0 radical (unpaired) electrons. The van der Waals surface area contributed by atoms with E-state index in [9.17, 15) is 4.79 Å². The minimum absolute atomic E-state index is 0.0519. The molecule has 0 aliphatic carbocycles. The molecule has 1 amide bonds. The van der Waals surface area contributed by atoms with Gasteiger partial charge in [-0.3, -0.25) is 4.79 Å². The van der Waals surface area contributed by atoms with E-state index in [1.54, 1.807) is 7.11 Å².